The van der Waals surface area contributed by atoms with Gasteiger partial charge in [0, 0.05) is 63.3 Å². The first-order valence-corrected chi connectivity index (χ1v) is 12.5. The van der Waals surface area contributed by atoms with Gasteiger partial charge in [0.1, 0.15) is 6.10 Å². The van der Waals surface area contributed by atoms with Crippen molar-refractivity contribution in [1.82, 2.24) is 4.90 Å². The first kappa shape index (κ1) is 20.9. The van der Waals surface area contributed by atoms with E-state index in [4.69, 9.17) is 14.2 Å². The molecule has 6 aliphatic rings. The van der Waals surface area contributed by atoms with Gasteiger partial charge in [0.15, 0.2) is 0 Å². The second-order valence-corrected chi connectivity index (χ2v) is 11.9. The summed E-state index contributed by atoms with van der Waals surface area (Å²) in [7, 11) is 3.65. The van der Waals surface area contributed by atoms with Crippen molar-refractivity contribution in [3.63, 3.8) is 0 Å². The number of fused-ring (bicyclic) bond motifs is 2. The molecule has 7 bridgehead atoms. The fourth-order valence-electron chi connectivity index (χ4n) is 10.7. The van der Waals surface area contributed by atoms with E-state index in [1.54, 1.807) is 7.11 Å². The molecule has 0 aromatic heterocycles. The zero-order chi connectivity index (χ0) is 21.9. The molecule has 0 unspecified atom stereocenters. The first-order chi connectivity index (χ1) is 14.8. The van der Waals surface area contributed by atoms with Gasteiger partial charge in [0.25, 0.3) is 0 Å². The molecule has 6 nitrogen and oxygen atoms in total. The fraction of sp³-hybridized carbons (Fsp3) is 0.960. The van der Waals surface area contributed by atoms with E-state index in [1.807, 2.05) is 7.11 Å². The number of hydrogen-bond donors (Lipinski definition) is 1. The molecule has 5 saturated carbocycles. The number of aliphatic hydroxyl groups is 1. The molecule has 6 heteroatoms. The van der Waals surface area contributed by atoms with Crippen molar-refractivity contribution in [1.29, 1.82) is 0 Å². The normalized spacial score (nSPS) is 59.0. The average Bonchev–Trinajstić information content (AvgIpc) is 3.17. The van der Waals surface area contributed by atoms with Crippen molar-refractivity contribution in [2.75, 3.05) is 27.3 Å². The van der Waals surface area contributed by atoms with Crippen molar-refractivity contribution < 1.29 is 24.1 Å². The van der Waals surface area contributed by atoms with E-state index in [2.05, 4.69) is 18.7 Å². The average molecular weight is 434 g/mol. The summed E-state index contributed by atoms with van der Waals surface area (Å²) in [4.78, 5) is 14.8. The van der Waals surface area contributed by atoms with Gasteiger partial charge in [0.2, 0.25) is 0 Å². The molecule has 0 aromatic rings. The number of methoxy groups -OCH3 is 2. The smallest absolute Gasteiger partial charge is 0.302 e. The van der Waals surface area contributed by atoms with E-state index in [9.17, 15) is 9.90 Å². The topological polar surface area (TPSA) is 68.2 Å². The summed E-state index contributed by atoms with van der Waals surface area (Å²) in [6.07, 6.45) is 4.91. The Morgan fingerprint density at radius 1 is 1.19 bits per heavy atom. The summed E-state index contributed by atoms with van der Waals surface area (Å²) < 4.78 is 18.3. The van der Waals surface area contributed by atoms with E-state index in [-0.39, 0.29) is 52.9 Å². The Labute approximate surface area is 186 Å². The van der Waals surface area contributed by atoms with Crippen LogP contribution in [0.15, 0.2) is 0 Å². The lowest BCUT2D eigenvalue weighted by Gasteiger charge is -2.69. The lowest BCUT2D eigenvalue weighted by molar-refractivity contribution is -0.271. The SMILES string of the molecule is CCN1C[C@]2(C)CC[C@H](OC)[C@@]34[C@@H]5C[C@H]6[C@H](OC(C)=O)[C@@H]5[C@](O)(C[C@@H]6OC)[C@H](C[C@H]23)[C@@H]14. The summed E-state index contributed by atoms with van der Waals surface area (Å²) in [5.41, 5.74) is -0.545. The Morgan fingerprint density at radius 3 is 2.61 bits per heavy atom. The molecule has 174 valence electrons. The second kappa shape index (κ2) is 6.46. The van der Waals surface area contributed by atoms with Crippen molar-refractivity contribution in [2.45, 2.75) is 82.8 Å². The fourth-order valence-corrected chi connectivity index (χ4v) is 10.7. The van der Waals surface area contributed by atoms with Crippen LogP contribution in [0.25, 0.3) is 0 Å². The van der Waals surface area contributed by atoms with Crippen LogP contribution >= 0.6 is 0 Å². The van der Waals surface area contributed by atoms with E-state index in [0.717, 1.165) is 32.4 Å². The standard InChI is InChI=1S/C25H39NO5/c1-6-26-12-23(3)8-7-19(30-5)25-15-9-14-17(29-4)11-24(28,16(22(25)26)10-18(23)25)20(15)21(14)31-13(2)27/h14-22,28H,6-12H2,1-5H3/t14-,15-,16-,17+,18-,19+,20-,21+,22-,23+,24+,25-/m1/s1. The van der Waals surface area contributed by atoms with E-state index in [0.29, 0.717) is 24.3 Å². The molecule has 0 aromatic carbocycles. The highest BCUT2D eigenvalue weighted by atomic mass is 16.5. The lowest BCUT2D eigenvalue weighted by atomic mass is 9.43. The van der Waals surface area contributed by atoms with Crippen LogP contribution in [-0.2, 0) is 19.0 Å². The van der Waals surface area contributed by atoms with Crippen LogP contribution < -0.4 is 0 Å². The van der Waals surface area contributed by atoms with E-state index < -0.39 is 5.60 Å². The Hall–Kier alpha value is -0.690. The molecule has 12 atom stereocenters. The van der Waals surface area contributed by atoms with Crippen molar-refractivity contribution in [3.8, 4) is 0 Å². The number of ether oxygens (including phenoxy) is 3. The van der Waals surface area contributed by atoms with Crippen LogP contribution in [0, 0.1) is 40.4 Å². The van der Waals surface area contributed by atoms with Crippen molar-refractivity contribution >= 4 is 5.97 Å². The minimum atomic E-state index is -0.845. The van der Waals surface area contributed by atoms with Crippen LogP contribution in [0.2, 0.25) is 0 Å². The third-order valence-electron chi connectivity index (χ3n) is 11.2. The van der Waals surface area contributed by atoms with Gasteiger partial charge in [-0.2, -0.15) is 0 Å². The number of piperidine rings is 1. The third-order valence-corrected chi connectivity index (χ3v) is 11.2. The molecule has 1 aliphatic heterocycles. The molecule has 31 heavy (non-hydrogen) atoms. The molecular weight excluding hydrogens is 394 g/mol. The van der Waals surface area contributed by atoms with Gasteiger partial charge >= 0.3 is 5.97 Å². The number of carbonyl (C=O) groups is 1. The summed E-state index contributed by atoms with van der Waals surface area (Å²) in [5, 5.41) is 12.5. The van der Waals surface area contributed by atoms with Gasteiger partial charge in [-0.3, -0.25) is 9.69 Å². The molecule has 1 N–H and O–H groups in total. The van der Waals surface area contributed by atoms with E-state index in [1.165, 1.54) is 13.3 Å². The van der Waals surface area contributed by atoms with Gasteiger partial charge in [-0.05, 0) is 49.5 Å². The van der Waals surface area contributed by atoms with Gasteiger partial charge < -0.3 is 19.3 Å². The number of rotatable bonds is 4. The lowest BCUT2D eigenvalue weighted by Crippen LogP contribution is -2.75. The largest absolute Gasteiger partial charge is 0.462 e. The van der Waals surface area contributed by atoms with E-state index >= 15 is 0 Å². The maximum absolute atomic E-state index is 12.5. The van der Waals surface area contributed by atoms with Crippen LogP contribution in [0.3, 0.4) is 0 Å². The minimum Gasteiger partial charge on any atom is -0.462 e. The van der Waals surface area contributed by atoms with Crippen LogP contribution in [0.4, 0.5) is 0 Å². The molecule has 6 rings (SSSR count). The summed E-state index contributed by atoms with van der Waals surface area (Å²) in [6.45, 7) is 8.43. The number of esters is 1. The summed E-state index contributed by atoms with van der Waals surface area (Å²) in [6, 6.07) is 0.347. The second-order valence-electron chi connectivity index (χ2n) is 11.9. The minimum absolute atomic E-state index is 0.00384. The predicted molar refractivity (Wildman–Crippen MR) is 114 cm³/mol. The zero-order valence-electron chi connectivity index (χ0n) is 19.7. The Balaban J connectivity index is 1.57. The maximum Gasteiger partial charge on any atom is 0.302 e. The molecule has 1 saturated heterocycles. The van der Waals surface area contributed by atoms with Crippen LogP contribution in [0.1, 0.15) is 52.9 Å². The van der Waals surface area contributed by atoms with Gasteiger partial charge in [-0.1, -0.05) is 13.8 Å². The van der Waals surface area contributed by atoms with Crippen molar-refractivity contribution in [2.24, 2.45) is 40.4 Å². The molecule has 0 radical (unpaired) electrons. The van der Waals surface area contributed by atoms with Crippen LogP contribution in [0.5, 0.6) is 0 Å². The highest BCUT2D eigenvalue weighted by molar-refractivity contribution is 5.66. The molecule has 5 aliphatic carbocycles. The number of nitrogens with zero attached hydrogens (tertiary/aromatic N) is 1. The quantitative estimate of drug-likeness (QED) is 0.687. The highest BCUT2D eigenvalue weighted by Crippen LogP contribution is 2.79. The molecule has 1 spiro atoms. The van der Waals surface area contributed by atoms with Gasteiger partial charge in [-0.15, -0.1) is 0 Å². The summed E-state index contributed by atoms with van der Waals surface area (Å²) in [5.74, 6) is 0.979. The number of carbonyl (C=O) groups excluding carboxylic acids is 1. The predicted octanol–water partition coefficient (Wildman–Crippen LogP) is 2.48. The maximum atomic E-state index is 12.5. The van der Waals surface area contributed by atoms with Crippen LogP contribution in [-0.4, -0.2) is 73.2 Å². The Morgan fingerprint density at radius 2 is 1.97 bits per heavy atom. The van der Waals surface area contributed by atoms with Gasteiger partial charge in [0.05, 0.1) is 17.8 Å². The first-order valence-electron chi connectivity index (χ1n) is 12.5. The Kier molecular flexibility index (Phi) is 4.35. The Bertz CT molecular complexity index is 790. The summed E-state index contributed by atoms with van der Waals surface area (Å²) >= 11 is 0. The molecule has 1 heterocycles. The van der Waals surface area contributed by atoms with Crippen molar-refractivity contribution in [3.05, 3.63) is 0 Å². The molecular formula is C25H39NO5. The number of likely N-dealkylation sites (tertiary alicyclic amines) is 1. The number of hydrogen-bond acceptors (Lipinski definition) is 6. The zero-order valence-corrected chi connectivity index (χ0v) is 19.7. The highest BCUT2D eigenvalue weighted by Gasteiger charge is 2.83. The third kappa shape index (κ3) is 2.22. The monoisotopic (exact) mass is 433 g/mol. The molecule has 6 fully saturated rings. The van der Waals surface area contributed by atoms with Gasteiger partial charge in [-0.25, -0.2) is 0 Å². The molecule has 0 amide bonds.